The van der Waals surface area contributed by atoms with Crippen LogP contribution in [0.25, 0.3) is 0 Å². The number of nitrogens with one attached hydrogen (secondary N) is 1. The molecule has 17 heavy (non-hydrogen) atoms. The van der Waals surface area contributed by atoms with Crippen molar-refractivity contribution in [1.82, 2.24) is 20.1 Å². The molecule has 0 saturated heterocycles. The molecule has 0 bridgehead atoms. The van der Waals surface area contributed by atoms with Crippen molar-refractivity contribution in [2.75, 3.05) is 13.2 Å². The Morgan fingerprint density at radius 1 is 1.41 bits per heavy atom. The van der Waals surface area contributed by atoms with Gasteiger partial charge >= 0.3 is 0 Å². The van der Waals surface area contributed by atoms with Gasteiger partial charge in [0.05, 0.1) is 6.54 Å². The average Bonchev–Trinajstić information content (AvgIpc) is 2.76. The van der Waals surface area contributed by atoms with Gasteiger partial charge in [0.1, 0.15) is 12.2 Å². The minimum atomic E-state index is 0.0941. The summed E-state index contributed by atoms with van der Waals surface area (Å²) in [5.74, 6) is 0.939. The van der Waals surface area contributed by atoms with Gasteiger partial charge in [0.2, 0.25) is 0 Å². The number of hydrogen-bond donors (Lipinski definition) is 2. The van der Waals surface area contributed by atoms with Crippen molar-refractivity contribution in [1.29, 1.82) is 0 Å². The largest absolute Gasteiger partial charge is 0.396 e. The number of aromatic nitrogens is 3. The maximum absolute atomic E-state index is 9.58. The predicted molar refractivity (Wildman–Crippen MR) is 65.3 cm³/mol. The van der Waals surface area contributed by atoms with Gasteiger partial charge in [-0.05, 0) is 12.8 Å². The number of aliphatic hydroxyl groups is 1. The van der Waals surface area contributed by atoms with Gasteiger partial charge in [0, 0.05) is 25.6 Å². The van der Waals surface area contributed by atoms with E-state index in [4.69, 9.17) is 0 Å². The Balaban J connectivity index is 1.82. The molecule has 0 aliphatic heterocycles. The Morgan fingerprint density at radius 2 is 2.18 bits per heavy atom. The number of aryl methyl sites for hydroxylation is 1. The van der Waals surface area contributed by atoms with Crippen LogP contribution in [0, 0.1) is 5.41 Å². The second-order valence-corrected chi connectivity index (χ2v) is 5.18. The van der Waals surface area contributed by atoms with Gasteiger partial charge in [-0.2, -0.15) is 0 Å². The van der Waals surface area contributed by atoms with Crippen LogP contribution < -0.4 is 5.32 Å². The first kappa shape index (κ1) is 12.5. The summed E-state index contributed by atoms with van der Waals surface area (Å²) in [6.45, 7) is 1.88. The SMILES string of the molecule is Cn1cnnc1CNCC1(CO)CCCCC1. The predicted octanol–water partition coefficient (Wildman–Crippen LogP) is 0.847. The van der Waals surface area contributed by atoms with Crippen LogP contribution in [0.15, 0.2) is 6.33 Å². The highest BCUT2D eigenvalue weighted by molar-refractivity contribution is 4.87. The number of aliphatic hydroxyl groups excluding tert-OH is 1. The lowest BCUT2D eigenvalue weighted by atomic mass is 9.74. The van der Waals surface area contributed by atoms with Crippen LogP contribution in [0.1, 0.15) is 37.9 Å². The third-order valence-electron chi connectivity index (χ3n) is 3.84. The fourth-order valence-corrected chi connectivity index (χ4v) is 2.60. The van der Waals surface area contributed by atoms with Crippen LogP contribution in [0.3, 0.4) is 0 Å². The fourth-order valence-electron chi connectivity index (χ4n) is 2.60. The summed E-state index contributed by atoms with van der Waals surface area (Å²) in [5.41, 5.74) is 0.0941. The van der Waals surface area contributed by atoms with Crippen LogP contribution >= 0.6 is 0 Å². The van der Waals surface area contributed by atoms with Crippen LogP contribution in [-0.2, 0) is 13.6 Å². The normalized spacial score (nSPS) is 19.4. The summed E-state index contributed by atoms with van der Waals surface area (Å²) in [4.78, 5) is 0. The highest BCUT2D eigenvalue weighted by atomic mass is 16.3. The molecule has 0 amide bonds. The molecule has 1 aliphatic rings. The quantitative estimate of drug-likeness (QED) is 0.798. The second-order valence-electron chi connectivity index (χ2n) is 5.18. The van der Waals surface area contributed by atoms with Crippen molar-refractivity contribution in [2.45, 2.75) is 38.6 Å². The lowest BCUT2D eigenvalue weighted by Gasteiger charge is -2.35. The van der Waals surface area contributed by atoms with Crippen molar-refractivity contribution < 1.29 is 5.11 Å². The van der Waals surface area contributed by atoms with Crippen LogP contribution in [0.2, 0.25) is 0 Å². The molecule has 0 atom stereocenters. The molecule has 96 valence electrons. The highest BCUT2D eigenvalue weighted by Gasteiger charge is 2.30. The molecule has 0 spiro atoms. The molecule has 1 saturated carbocycles. The molecule has 2 rings (SSSR count). The standard InChI is InChI=1S/C12H22N4O/c1-16-10-14-15-11(16)7-13-8-12(9-17)5-3-2-4-6-12/h10,13,17H,2-9H2,1H3. The Morgan fingerprint density at radius 3 is 2.76 bits per heavy atom. The maximum atomic E-state index is 9.58. The van der Waals surface area contributed by atoms with E-state index in [-0.39, 0.29) is 5.41 Å². The summed E-state index contributed by atoms with van der Waals surface area (Å²) in [6.07, 6.45) is 7.77. The molecule has 5 heteroatoms. The Bertz CT molecular complexity index is 344. The second kappa shape index (κ2) is 5.60. The van der Waals surface area contributed by atoms with Crippen LogP contribution in [0.4, 0.5) is 0 Å². The zero-order valence-electron chi connectivity index (χ0n) is 10.5. The first-order valence-corrected chi connectivity index (χ1v) is 6.40. The van der Waals surface area contributed by atoms with Crippen molar-refractivity contribution in [3.05, 3.63) is 12.2 Å². The molecule has 2 N–H and O–H groups in total. The smallest absolute Gasteiger partial charge is 0.146 e. The summed E-state index contributed by atoms with van der Waals surface area (Å²) in [5, 5.41) is 20.9. The zero-order valence-corrected chi connectivity index (χ0v) is 10.5. The van der Waals surface area contributed by atoms with Gasteiger partial charge in [0.25, 0.3) is 0 Å². The van der Waals surface area contributed by atoms with E-state index in [1.165, 1.54) is 19.3 Å². The summed E-state index contributed by atoms with van der Waals surface area (Å²) < 4.78 is 1.92. The van der Waals surface area contributed by atoms with Crippen molar-refractivity contribution in [2.24, 2.45) is 12.5 Å². The van der Waals surface area contributed by atoms with Crippen molar-refractivity contribution in [3.8, 4) is 0 Å². The van der Waals surface area contributed by atoms with E-state index in [1.807, 2.05) is 11.6 Å². The van der Waals surface area contributed by atoms with E-state index in [1.54, 1.807) is 6.33 Å². The minimum absolute atomic E-state index is 0.0941. The van der Waals surface area contributed by atoms with E-state index >= 15 is 0 Å². The molecular formula is C12H22N4O. The lowest BCUT2D eigenvalue weighted by Crippen LogP contribution is -2.39. The molecule has 0 radical (unpaired) electrons. The molecule has 1 aromatic rings. The van der Waals surface area contributed by atoms with E-state index in [2.05, 4.69) is 15.5 Å². The highest BCUT2D eigenvalue weighted by Crippen LogP contribution is 2.35. The average molecular weight is 238 g/mol. The first-order chi connectivity index (χ1) is 8.26. The van der Waals surface area contributed by atoms with Gasteiger partial charge in [0.15, 0.2) is 0 Å². The number of nitrogens with zero attached hydrogens (tertiary/aromatic N) is 3. The Labute approximate surface area is 102 Å². The van der Waals surface area contributed by atoms with Gasteiger partial charge in [-0.25, -0.2) is 0 Å². The molecule has 0 aromatic carbocycles. The van der Waals surface area contributed by atoms with Gasteiger partial charge in [-0.15, -0.1) is 10.2 Å². The number of hydrogen-bond acceptors (Lipinski definition) is 4. The molecule has 1 aromatic heterocycles. The third-order valence-corrected chi connectivity index (χ3v) is 3.84. The van der Waals surface area contributed by atoms with E-state index in [0.29, 0.717) is 6.61 Å². The van der Waals surface area contributed by atoms with E-state index in [0.717, 1.165) is 31.8 Å². The number of rotatable bonds is 5. The molecule has 1 fully saturated rings. The van der Waals surface area contributed by atoms with Crippen LogP contribution in [0.5, 0.6) is 0 Å². The lowest BCUT2D eigenvalue weighted by molar-refractivity contribution is 0.0808. The van der Waals surface area contributed by atoms with Crippen molar-refractivity contribution >= 4 is 0 Å². The molecule has 1 aliphatic carbocycles. The van der Waals surface area contributed by atoms with Gasteiger partial charge in [-0.3, -0.25) is 0 Å². The first-order valence-electron chi connectivity index (χ1n) is 6.40. The van der Waals surface area contributed by atoms with Crippen LogP contribution in [-0.4, -0.2) is 33.0 Å². The van der Waals surface area contributed by atoms with E-state index < -0.39 is 0 Å². The maximum Gasteiger partial charge on any atom is 0.146 e. The summed E-state index contributed by atoms with van der Waals surface area (Å²) >= 11 is 0. The Kier molecular flexibility index (Phi) is 4.12. The molecule has 0 unspecified atom stereocenters. The molecular weight excluding hydrogens is 216 g/mol. The Hall–Kier alpha value is -0.940. The van der Waals surface area contributed by atoms with Gasteiger partial charge in [-0.1, -0.05) is 19.3 Å². The summed E-state index contributed by atoms with van der Waals surface area (Å²) in [6, 6.07) is 0. The molecule has 1 heterocycles. The fraction of sp³-hybridized carbons (Fsp3) is 0.833. The van der Waals surface area contributed by atoms with Crippen molar-refractivity contribution in [3.63, 3.8) is 0 Å². The molecule has 5 nitrogen and oxygen atoms in total. The summed E-state index contributed by atoms with van der Waals surface area (Å²) in [7, 11) is 1.94. The topological polar surface area (TPSA) is 63.0 Å². The van der Waals surface area contributed by atoms with Gasteiger partial charge < -0.3 is 15.0 Å². The zero-order chi connectivity index (χ0) is 12.1. The third kappa shape index (κ3) is 3.04. The monoisotopic (exact) mass is 238 g/mol. The van der Waals surface area contributed by atoms with E-state index in [9.17, 15) is 5.11 Å². The minimum Gasteiger partial charge on any atom is -0.396 e.